The molecule has 21 heavy (non-hydrogen) atoms. The lowest BCUT2D eigenvalue weighted by molar-refractivity contribution is 0.584. The molecular weight excluding hydrogens is 397 g/mol. The van der Waals surface area contributed by atoms with Gasteiger partial charge in [-0.2, -0.15) is 0 Å². The molecule has 1 unspecified atom stereocenters. The molecule has 0 bridgehead atoms. The molecule has 1 N–H and O–H groups in total. The Morgan fingerprint density at radius 1 is 1.00 bits per heavy atom. The number of hydrogen-bond acceptors (Lipinski definition) is 1. The molecule has 0 spiro atoms. The molecule has 0 saturated carbocycles. The molecule has 112 valence electrons. The molecule has 0 heterocycles. The van der Waals surface area contributed by atoms with Gasteiger partial charge in [0.25, 0.3) is 0 Å². The third-order valence-corrected chi connectivity index (χ3v) is 4.13. The summed E-state index contributed by atoms with van der Waals surface area (Å²) in [5, 5.41) is 3.50. The maximum absolute atomic E-state index is 13.7. The highest BCUT2D eigenvalue weighted by Crippen LogP contribution is 2.29. The van der Waals surface area contributed by atoms with Gasteiger partial charge < -0.3 is 5.32 Å². The number of halogens is 3. The van der Waals surface area contributed by atoms with Crippen molar-refractivity contribution in [2.24, 2.45) is 0 Å². The van der Waals surface area contributed by atoms with Gasteiger partial charge in [0.15, 0.2) is 0 Å². The summed E-state index contributed by atoms with van der Waals surface area (Å²) in [5.74, 6) is -0.192. The van der Waals surface area contributed by atoms with Gasteiger partial charge in [-0.25, -0.2) is 4.39 Å². The first-order valence-electron chi connectivity index (χ1n) is 6.96. The van der Waals surface area contributed by atoms with Crippen molar-refractivity contribution in [3.05, 3.63) is 67.9 Å². The Kier molecular flexibility index (Phi) is 5.97. The summed E-state index contributed by atoms with van der Waals surface area (Å²) in [5.41, 5.74) is 2.99. The first kappa shape index (κ1) is 16.7. The summed E-state index contributed by atoms with van der Waals surface area (Å²) in [6.07, 6.45) is 1.03. The van der Waals surface area contributed by atoms with Crippen LogP contribution in [0.5, 0.6) is 0 Å². The second kappa shape index (κ2) is 7.52. The van der Waals surface area contributed by atoms with Crippen LogP contribution < -0.4 is 5.32 Å². The summed E-state index contributed by atoms with van der Waals surface area (Å²) in [6.45, 7) is 4.92. The molecule has 0 aliphatic rings. The molecule has 2 aromatic rings. The zero-order chi connectivity index (χ0) is 15.4. The second-order valence-corrected chi connectivity index (χ2v) is 6.98. The van der Waals surface area contributed by atoms with E-state index in [0.717, 1.165) is 38.6 Å². The Hall–Kier alpha value is -0.710. The summed E-state index contributed by atoms with van der Waals surface area (Å²) in [4.78, 5) is 0. The van der Waals surface area contributed by atoms with E-state index in [0.29, 0.717) is 0 Å². The molecular formula is C17H18Br2FN. The minimum Gasteiger partial charge on any atom is -0.306 e. The Labute approximate surface area is 142 Å². The van der Waals surface area contributed by atoms with Gasteiger partial charge in [-0.15, -0.1) is 0 Å². The van der Waals surface area contributed by atoms with Crippen LogP contribution in [0.3, 0.4) is 0 Å². The summed E-state index contributed by atoms with van der Waals surface area (Å²) >= 11 is 7.04. The van der Waals surface area contributed by atoms with Gasteiger partial charge >= 0.3 is 0 Å². The quantitative estimate of drug-likeness (QED) is 0.656. The van der Waals surface area contributed by atoms with Crippen LogP contribution in [0.4, 0.5) is 4.39 Å². The van der Waals surface area contributed by atoms with Crippen molar-refractivity contribution in [3.63, 3.8) is 0 Å². The maximum Gasteiger partial charge on any atom is 0.123 e. The predicted octanol–water partition coefficient (Wildman–Crippen LogP) is 5.75. The van der Waals surface area contributed by atoms with E-state index in [9.17, 15) is 4.39 Å². The van der Waals surface area contributed by atoms with Crippen LogP contribution in [0.15, 0.2) is 45.3 Å². The van der Waals surface area contributed by atoms with Crippen molar-refractivity contribution < 1.29 is 4.39 Å². The summed E-state index contributed by atoms with van der Waals surface area (Å²) < 4.78 is 15.7. The largest absolute Gasteiger partial charge is 0.306 e. The van der Waals surface area contributed by atoms with Crippen LogP contribution in [0.25, 0.3) is 0 Å². The number of aryl methyl sites for hydroxylation is 1. The van der Waals surface area contributed by atoms with Gasteiger partial charge in [-0.3, -0.25) is 0 Å². The van der Waals surface area contributed by atoms with E-state index in [1.54, 1.807) is 12.1 Å². The van der Waals surface area contributed by atoms with E-state index in [-0.39, 0.29) is 11.9 Å². The van der Waals surface area contributed by atoms with E-state index in [4.69, 9.17) is 0 Å². The Bertz CT molecular complexity index is 536. The average Bonchev–Trinajstić information content (AvgIpc) is 2.37. The van der Waals surface area contributed by atoms with E-state index in [2.05, 4.69) is 56.2 Å². The Morgan fingerprint density at radius 2 is 1.62 bits per heavy atom. The third-order valence-electron chi connectivity index (χ3n) is 3.21. The van der Waals surface area contributed by atoms with Gasteiger partial charge in [0.2, 0.25) is 0 Å². The molecule has 2 aromatic carbocycles. The number of hydrogen-bond donors (Lipinski definition) is 1. The smallest absolute Gasteiger partial charge is 0.123 e. The van der Waals surface area contributed by atoms with Gasteiger partial charge in [0.05, 0.1) is 6.04 Å². The van der Waals surface area contributed by atoms with Crippen LogP contribution in [-0.4, -0.2) is 6.54 Å². The lowest BCUT2D eigenvalue weighted by Gasteiger charge is -2.21. The highest BCUT2D eigenvalue weighted by molar-refractivity contribution is 9.11. The predicted molar refractivity (Wildman–Crippen MR) is 93.1 cm³/mol. The molecule has 2 rings (SSSR count). The SMILES string of the molecule is CCCNC(c1cc(C)cc(F)c1)c1cc(Br)cc(Br)c1. The minimum absolute atomic E-state index is 0.0202. The third kappa shape index (κ3) is 4.63. The fourth-order valence-corrected chi connectivity index (χ4v) is 3.72. The monoisotopic (exact) mass is 413 g/mol. The van der Waals surface area contributed by atoms with Gasteiger partial charge in [-0.05, 0) is 66.9 Å². The lowest BCUT2D eigenvalue weighted by Crippen LogP contribution is -2.23. The van der Waals surface area contributed by atoms with Gasteiger partial charge in [0.1, 0.15) is 5.82 Å². The van der Waals surface area contributed by atoms with Crippen molar-refractivity contribution in [3.8, 4) is 0 Å². The molecule has 0 saturated heterocycles. The zero-order valence-corrected chi connectivity index (χ0v) is 15.3. The minimum atomic E-state index is -0.192. The fraction of sp³-hybridized carbons (Fsp3) is 0.294. The van der Waals surface area contributed by atoms with E-state index >= 15 is 0 Å². The zero-order valence-electron chi connectivity index (χ0n) is 12.1. The molecule has 0 amide bonds. The van der Waals surface area contributed by atoms with Crippen LogP contribution >= 0.6 is 31.9 Å². The number of nitrogens with one attached hydrogen (secondary N) is 1. The van der Waals surface area contributed by atoms with Gasteiger partial charge in [-0.1, -0.05) is 44.8 Å². The summed E-state index contributed by atoms with van der Waals surface area (Å²) in [7, 11) is 0. The van der Waals surface area contributed by atoms with E-state index in [1.807, 2.05) is 19.1 Å². The number of rotatable bonds is 5. The molecule has 0 fully saturated rings. The molecule has 0 aromatic heterocycles. The van der Waals surface area contributed by atoms with Crippen LogP contribution in [-0.2, 0) is 0 Å². The molecule has 1 nitrogen and oxygen atoms in total. The number of benzene rings is 2. The topological polar surface area (TPSA) is 12.0 Å². The van der Waals surface area contributed by atoms with Gasteiger partial charge in [0, 0.05) is 8.95 Å². The highest BCUT2D eigenvalue weighted by Gasteiger charge is 2.15. The lowest BCUT2D eigenvalue weighted by atomic mass is 9.97. The molecule has 0 radical (unpaired) electrons. The fourth-order valence-electron chi connectivity index (χ4n) is 2.39. The maximum atomic E-state index is 13.7. The average molecular weight is 415 g/mol. The van der Waals surface area contributed by atoms with Crippen LogP contribution in [0, 0.1) is 12.7 Å². The molecule has 0 aliphatic carbocycles. The van der Waals surface area contributed by atoms with Crippen molar-refractivity contribution in [1.29, 1.82) is 0 Å². The highest BCUT2D eigenvalue weighted by atomic mass is 79.9. The first-order valence-corrected chi connectivity index (χ1v) is 8.54. The van der Waals surface area contributed by atoms with E-state index < -0.39 is 0 Å². The molecule has 4 heteroatoms. The first-order chi connectivity index (χ1) is 9.99. The van der Waals surface area contributed by atoms with E-state index in [1.165, 1.54) is 0 Å². The van der Waals surface area contributed by atoms with Crippen LogP contribution in [0.2, 0.25) is 0 Å². The van der Waals surface area contributed by atoms with Crippen molar-refractivity contribution in [2.45, 2.75) is 26.3 Å². The summed E-state index contributed by atoms with van der Waals surface area (Å²) in [6, 6.07) is 11.3. The van der Waals surface area contributed by atoms with Crippen LogP contribution in [0.1, 0.15) is 36.1 Å². The van der Waals surface area contributed by atoms with Crippen molar-refractivity contribution in [2.75, 3.05) is 6.54 Å². The molecule has 0 aliphatic heterocycles. The standard InChI is InChI=1S/C17H18Br2FN/c1-3-4-21-17(12-5-11(2)6-16(20)9-12)13-7-14(18)10-15(19)8-13/h5-10,17,21H,3-4H2,1-2H3. The Morgan fingerprint density at radius 3 is 2.19 bits per heavy atom. The second-order valence-electron chi connectivity index (χ2n) is 5.15. The van der Waals surface area contributed by atoms with Crippen molar-refractivity contribution in [1.82, 2.24) is 5.32 Å². The Balaban J connectivity index is 2.46. The molecule has 1 atom stereocenters. The van der Waals surface area contributed by atoms with Crippen molar-refractivity contribution >= 4 is 31.9 Å². The normalized spacial score (nSPS) is 12.4.